The van der Waals surface area contributed by atoms with E-state index in [0.29, 0.717) is 13.1 Å². The molecule has 1 aromatic carbocycles. The largest absolute Gasteiger partial charge is 0.454 e. The molecule has 2 heterocycles. The van der Waals surface area contributed by atoms with Crippen LogP contribution in [0.4, 0.5) is 5.82 Å². The first-order chi connectivity index (χ1) is 9.38. The fourth-order valence-corrected chi connectivity index (χ4v) is 2.04. The number of rotatable bonds is 4. The van der Waals surface area contributed by atoms with E-state index in [0.717, 1.165) is 28.1 Å². The summed E-state index contributed by atoms with van der Waals surface area (Å²) in [5.41, 5.74) is 5.40. The minimum Gasteiger partial charge on any atom is -0.454 e. The van der Waals surface area contributed by atoms with E-state index in [2.05, 4.69) is 10.3 Å². The van der Waals surface area contributed by atoms with Gasteiger partial charge in [0, 0.05) is 24.7 Å². The third-order valence-electron chi connectivity index (χ3n) is 2.95. The van der Waals surface area contributed by atoms with Crippen molar-refractivity contribution in [3.63, 3.8) is 0 Å². The molecule has 0 fully saturated rings. The van der Waals surface area contributed by atoms with Crippen LogP contribution in [0.2, 0.25) is 0 Å². The molecule has 0 unspecified atom stereocenters. The zero-order valence-electron chi connectivity index (χ0n) is 10.4. The number of aromatic nitrogens is 1. The van der Waals surface area contributed by atoms with Crippen LogP contribution in [0.3, 0.4) is 0 Å². The molecule has 98 valence electrons. The molecule has 1 aromatic heterocycles. The fourth-order valence-electron chi connectivity index (χ4n) is 2.04. The van der Waals surface area contributed by atoms with E-state index in [4.69, 9.17) is 15.2 Å². The molecular weight excluding hydrogens is 242 g/mol. The van der Waals surface area contributed by atoms with E-state index >= 15 is 0 Å². The maximum absolute atomic E-state index is 5.40. The molecule has 0 saturated heterocycles. The van der Waals surface area contributed by atoms with Gasteiger partial charge < -0.3 is 20.5 Å². The second kappa shape index (κ2) is 5.16. The first kappa shape index (κ1) is 11.8. The molecule has 0 spiro atoms. The van der Waals surface area contributed by atoms with Crippen LogP contribution in [0.15, 0.2) is 36.5 Å². The van der Waals surface area contributed by atoms with Gasteiger partial charge in [0.25, 0.3) is 0 Å². The van der Waals surface area contributed by atoms with Crippen molar-refractivity contribution in [1.82, 2.24) is 4.98 Å². The van der Waals surface area contributed by atoms with Crippen molar-refractivity contribution in [1.29, 1.82) is 0 Å². The quantitative estimate of drug-likeness (QED) is 0.818. The summed E-state index contributed by atoms with van der Waals surface area (Å²) in [6.45, 7) is 1.52. The van der Waals surface area contributed by atoms with Crippen LogP contribution in [0.25, 0.3) is 10.8 Å². The van der Waals surface area contributed by atoms with Crippen LogP contribution in [0.5, 0.6) is 11.5 Å². The predicted molar refractivity (Wildman–Crippen MR) is 74.6 cm³/mol. The van der Waals surface area contributed by atoms with Gasteiger partial charge >= 0.3 is 0 Å². The molecule has 0 amide bonds. The predicted octanol–water partition coefficient (Wildman–Crippen LogP) is 1.89. The lowest BCUT2D eigenvalue weighted by Crippen LogP contribution is -2.02. The molecule has 3 rings (SSSR count). The molecular formula is C14H15N3O2. The molecule has 5 nitrogen and oxygen atoms in total. The van der Waals surface area contributed by atoms with E-state index in [1.165, 1.54) is 0 Å². The molecule has 0 radical (unpaired) electrons. The topological polar surface area (TPSA) is 69.4 Å². The highest BCUT2D eigenvalue weighted by Gasteiger charge is 2.15. The number of nitrogens with zero attached hydrogens (tertiary/aromatic N) is 1. The van der Waals surface area contributed by atoms with Crippen LogP contribution in [-0.2, 0) is 0 Å². The Morgan fingerprint density at radius 1 is 1.26 bits per heavy atom. The number of nitrogens with one attached hydrogen (secondary N) is 1. The number of nitrogens with two attached hydrogens (primary N) is 1. The van der Waals surface area contributed by atoms with E-state index in [1.54, 1.807) is 6.20 Å². The van der Waals surface area contributed by atoms with Crippen molar-refractivity contribution in [2.45, 2.75) is 0 Å². The highest BCUT2D eigenvalue weighted by atomic mass is 16.7. The second-order valence-electron chi connectivity index (χ2n) is 4.17. The van der Waals surface area contributed by atoms with Gasteiger partial charge in [-0.1, -0.05) is 12.2 Å². The molecule has 19 heavy (non-hydrogen) atoms. The average Bonchev–Trinajstić information content (AvgIpc) is 2.88. The molecule has 1 aliphatic heterocycles. The van der Waals surface area contributed by atoms with Gasteiger partial charge in [0.2, 0.25) is 6.79 Å². The van der Waals surface area contributed by atoms with Crippen molar-refractivity contribution in [2.75, 3.05) is 25.2 Å². The lowest BCUT2D eigenvalue weighted by molar-refractivity contribution is 0.174. The summed E-state index contributed by atoms with van der Waals surface area (Å²) >= 11 is 0. The summed E-state index contributed by atoms with van der Waals surface area (Å²) < 4.78 is 10.8. The minimum absolute atomic E-state index is 0.279. The third-order valence-corrected chi connectivity index (χ3v) is 2.95. The Balaban J connectivity index is 1.93. The molecule has 1 aliphatic rings. The highest BCUT2D eigenvalue weighted by Crippen LogP contribution is 2.37. The maximum Gasteiger partial charge on any atom is 0.231 e. The first-order valence-electron chi connectivity index (χ1n) is 6.16. The van der Waals surface area contributed by atoms with Gasteiger partial charge in [-0.3, -0.25) is 0 Å². The van der Waals surface area contributed by atoms with Crippen molar-refractivity contribution < 1.29 is 9.47 Å². The number of pyridine rings is 1. The normalized spacial score (nSPS) is 13.3. The summed E-state index contributed by atoms with van der Waals surface area (Å²) in [4.78, 5) is 4.36. The van der Waals surface area contributed by atoms with E-state index in [-0.39, 0.29) is 6.79 Å². The van der Waals surface area contributed by atoms with Crippen LogP contribution in [0, 0.1) is 0 Å². The first-order valence-corrected chi connectivity index (χ1v) is 6.16. The Bertz CT molecular complexity index is 625. The maximum atomic E-state index is 5.40. The van der Waals surface area contributed by atoms with Crippen LogP contribution < -0.4 is 20.5 Å². The van der Waals surface area contributed by atoms with Crippen LogP contribution in [0.1, 0.15) is 0 Å². The number of hydrogen-bond acceptors (Lipinski definition) is 5. The smallest absolute Gasteiger partial charge is 0.231 e. The summed E-state index contributed by atoms with van der Waals surface area (Å²) in [7, 11) is 0. The van der Waals surface area contributed by atoms with Crippen molar-refractivity contribution in [3.05, 3.63) is 36.5 Å². The van der Waals surface area contributed by atoms with Gasteiger partial charge in [-0.2, -0.15) is 0 Å². The number of ether oxygens (including phenoxy) is 2. The molecule has 0 aliphatic carbocycles. The fraction of sp³-hybridized carbons (Fsp3) is 0.214. The van der Waals surface area contributed by atoms with E-state index in [9.17, 15) is 0 Å². The minimum atomic E-state index is 0.279. The third kappa shape index (κ3) is 2.32. The Morgan fingerprint density at radius 2 is 2.11 bits per heavy atom. The zero-order valence-corrected chi connectivity index (χ0v) is 10.4. The van der Waals surface area contributed by atoms with E-state index in [1.807, 2.05) is 30.4 Å². The Morgan fingerprint density at radius 3 is 2.95 bits per heavy atom. The van der Waals surface area contributed by atoms with Gasteiger partial charge in [-0.25, -0.2) is 4.98 Å². The zero-order chi connectivity index (χ0) is 13.1. The Labute approximate surface area is 111 Å². The number of fused-ring (bicyclic) bond motifs is 2. The Hall–Kier alpha value is -2.27. The molecule has 0 saturated carbocycles. The van der Waals surface area contributed by atoms with Gasteiger partial charge in [0.15, 0.2) is 11.5 Å². The van der Waals surface area contributed by atoms with Crippen molar-refractivity contribution in [2.24, 2.45) is 5.73 Å². The van der Waals surface area contributed by atoms with Crippen molar-refractivity contribution >= 4 is 16.6 Å². The molecule has 2 aromatic rings. The number of benzene rings is 1. The molecule has 0 atom stereocenters. The summed E-state index contributed by atoms with van der Waals surface area (Å²) in [5, 5.41) is 5.36. The lowest BCUT2D eigenvalue weighted by atomic mass is 10.1. The standard InChI is InChI=1S/C14H15N3O2/c15-4-1-2-5-16-14-11-8-13-12(18-9-19-13)7-10(11)3-6-17-14/h1-3,6-8H,4-5,9,15H2,(H,16,17)/b2-1+. The van der Waals surface area contributed by atoms with Crippen LogP contribution >= 0.6 is 0 Å². The lowest BCUT2D eigenvalue weighted by Gasteiger charge is -2.07. The van der Waals surface area contributed by atoms with Gasteiger partial charge in [-0.05, 0) is 23.6 Å². The SMILES string of the molecule is NC/C=C/CNc1nccc2cc3c(cc12)OCO3. The average molecular weight is 257 g/mol. The van der Waals surface area contributed by atoms with Gasteiger partial charge in [0.1, 0.15) is 5.82 Å². The Kier molecular flexibility index (Phi) is 3.20. The second-order valence-corrected chi connectivity index (χ2v) is 4.17. The monoisotopic (exact) mass is 257 g/mol. The highest BCUT2D eigenvalue weighted by molar-refractivity contribution is 5.94. The molecule has 5 heteroatoms. The number of anilines is 1. The number of hydrogen-bond donors (Lipinski definition) is 2. The van der Waals surface area contributed by atoms with Gasteiger partial charge in [0.05, 0.1) is 0 Å². The van der Waals surface area contributed by atoms with Crippen LogP contribution in [-0.4, -0.2) is 24.9 Å². The summed E-state index contributed by atoms with van der Waals surface area (Å²) in [5.74, 6) is 2.38. The summed E-state index contributed by atoms with van der Waals surface area (Å²) in [6, 6.07) is 5.89. The van der Waals surface area contributed by atoms with Gasteiger partial charge in [-0.15, -0.1) is 0 Å². The molecule has 0 bridgehead atoms. The van der Waals surface area contributed by atoms with E-state index < -0.39 is 0 Å². The van der Waals surface area contributed by atoms with Crippen molar-refractivity contribution in [3.8, 4) is 11.5 Å². The molecule has 3 N–H and O–H groups in total. The summed E-state index contributed by atoms with van der Waals surface area (Å²) in [6.07, 6.45) is 5.67.